The first kappa shape index (κ1) is 14.5. The second-order valence-corrected chi connectivity index (χ2v) is 6.00. The van der Waals surface area contributed by atoms with Gasteiger partial charge in [-0.3, -0.25) is 9.80 Å². The Bertz CT molecular complexity index is 385. The van der Waals surface area contributed by atoms with E-state index in [1.807, 2.05) is 6.20 Å². The van der Waals surface area contributed by atoms with Gasteiger partial charge in [0.2, 0.25) is 0 Å². The van der Waals surface area contributed by atoms with Gasteiger partial charge in [0.25, 0.3) is 0 Å². The van der Waals surface area contributed by atoms with Crippen LogP contribution in [0.2, 0.25) is 0 Å². The molecule has 1 saturated heterocycles. The molecule has 1 aromatic heterocycles. The number of hydrogen-bond acceptors (Lipinski definition) is 3. The van der Waals surface area contributed by atoms with Crippen molar-refractivity contribution < 1.29 is 0 Å². The normalized spacial score (nSPS) is 20.7. The summed E-state index contributed by atoms with van der Waals surface area (Å²) in [6.07, 6.45) is 5.26. The zero-order valence-corrected chi connectivity index (χ0v) is 12.8. The van der Waals surface area contributed by atoms with Gasteiger partial charge in [0.15, 0.2) is 0 Å². The van der Waals surface area contributed by atoms with E-state index in [9.17, 15) is 0 Å². The van der Waals surface area contributed by atoms with Crippen LogP contribution in [0.3, 0.4) is 0 Å². The Hall–Kier alpha value is -0.870. The molecule has 0 spiro atoms. The van der Waals surface area contributed by atoms with Crippen molar-refractivity contribution in [3.8, 4) is 0 Å². The van der Waals surface area contributed by atoms with Gasteiger partial charge in [-0.15, -0.1) is 0 Å². The Labute approximate surface area is 117 Å². The molecular formula is C15H28N4. The maximum absolute atomic E-state index is 4.30. The minimum atomic E-state index is 0.583. The molecule has 2 rings (SSSR count). The number of rotatable bonds is 4. The van der Waals surface area contributed by atoms with Crippen LogP contribution >= 0.6 is 0 Å². The average Bonchev–Trinajstić information content (AvgIpc) is 2.66. The van der Waals surface area contributed by atoms with Crippen LogP contribution in [0.25, 0.3) is 0 Å². The van der Waals surface area contributed by atoms with Crippen LogP contribution in [-0.4, -0.2) is 57.6 Å². The molecule has 1 aliphatic heterocycles. The topological polar surface area (TPSA) is 24.3 Å². The van der Waals surface area contributed by atoms with E-state index in [0.29, 0.717) is 12.1 Å². The summed E-state index contributed by atoms with van der Waals surface area (Å²) in [5, 5.41) is 0. The molecule has 0 radical (unpaired) electrons. The lowest BCUT2D eigenvalue weighted by molar-refractivity contribution is 0.182. The van der Waals surface area contributed by atoms with Crippen molar-refractivity contribution >= 4 is 0 Å². The maximum Gasteiger partial charge on any atom is 0.105 e. The third-order valence-electron chi connectivity index (χ3n) is 4.30. The summed E-state index contributed by atoms with van der Waals surface area (Å²) in [5.74, 6) is 1.12. The summed E-state index contributed by atoms with van der Waals surface area (Å²) in [7, 11) is 0. The smallest absolute Gasteiger partial charge is 0.105 e. The lowest BCUT2D eigenvalue weighted by atomic mass is 10.2. The van der Waals surface area contributed by atoms with Gasteiger partial charge in [0, 0.05) is 44.1 Å². The highest BCUT2D eigenvalue weighted by molar-refractivity contribution is 4.90. The molecule has 1 fully saturated rings. The molecule has 0 saturated carbocycles. The molecule has 4 heteroatoms. The van der Waals surface area contributed by atoms with E-state index in [1.54, 1.807) is 0 Å². The van der Waals surface area contributed by atoms with Gasteiger partial charge in [-0.1, -0.05) is 0 Å². The van der Waals surface area contributed by atoms with Crippen LogP contribution in [0.4, 0.5) is 0 Å². The molecule has 0 aliphatic carbocycles. The molecule has 1 atom stereocenters. The highest BCUT2D eigenvalue weighted by Gasteiger charge is 2.20. The number of hydrogen-bond donors (Lipinski definition) is 0. The number of nitrogens with zero attached hydrogens (tertiary/aromatic N) is 4. The van der Waals surface area contributed by atoms with E-state index < -0.39 is 0 Å². The highest BCUT2D eigenvalue weighted by Crippen LogP contribution is 2.11. The fraction of sp³-hybridized carbons (Fsp3) is 0.800. The second-order valence-electron chi connectivity index (χ2n) is 6.00. The quantitative estimate of drug-likeness (QED) is 0.831. The number of aromatic nitrogens is 2. The molecule has 0 N–H and O–H groups in total. The Morgan fingerprint density at radius 1 is 1.11 bits per heavy atom. The Kier molecular flexibility index (Phi) is 4.99. The lowest BCUT2D eigenvalue weighted by Gasteiger charge is -2.29. The summed E-state index contributed by atoms with van der Waals surface area (Å²) >= 11 is 0. The van der Waals surface area contributed by atoms with Crippen LogP contribution in [0.1, 0.15) is 33.0 Å². The molecule has 108 valence electrons. The van der Waals surface area contributed by atoms with Crippen molar-refractivity contribution in [3.63, 3.8) is 0 Å². The molecule has 0 amide bonds. The Balaban J connectivity index is 1.89. The van der Waals surface area contributed by atoms with E-state index in [4.69, 9.17) is 0 Å². The largest absolute Gasteiger partial charge is 0.334 e. The molecule has 1 unspecified atom stereocenters. The molecule has 0 bridgehead atoms. The summed E-state index contributed by atoms with van der Waals surface area (Å²) in [5.41, 5.74) is 0. The first-order valence-electron chi connectivity index (χ1n) is 7.53. The van der Waals surface area contributed by atoms with Gasteiger partial charge < -0.3 is 4.57 Å². The molecule has 1 aromatic rings. The van der Waals surface area contributed by atoms with Gasteiger partial charge in [0.05, 0.1) is 0 Å². The van der Waals surface area contributed by atoms with Gasteiger partial charge >= 0.3 is 0 Å². The predicted molar refractivity (Wildman–Crippen MR) is 79.3 cm³/mol. The molecule has 2 heterocycles. The monoisotopic (exact) mass is 264 g/mol. The summed E-state index contributed by atoms with van der Waals surface area (Å²) in [4.78, 5) is 9.52. The standard InChI is InChI=1S/C15H28N4/c1-13(2)17-7-5-8-18(11-10-17)14(3)12-19-9-6-16-15(19)4/h6,9,13-14H,5,7-8,10-12H2,1-4H3. The van der Waals surface area contributed by atoms with Crippen LogP contribution in [-0.2, 0) is 6.54 Å². The number of imidazole rings is 1. The average molecular weight is 264 g/mol. The third kappa shape index (κ3) is 3.80. The minimum absolute atomic E-state index is 0.583. The van der Waals surface area contributed by atoms with Gasteiger partial charge in [-0.2, -0.15) is 0 Å². The summed E-state index contributed by atoms with van der Waals surface area (Å²) < 4.78 is 2.26. The van der Waals surface area contributed by atoms with E-state index in [2.05, 4.69) is 53.2 Å². The van der Waals surface area contributed by atoms with E-state index in [0.717, 1.165) is 12.4 Å². The molecule has 1 aliphatic rings. The molecular weight excluding hydrogens is 236 g/mol. The Morgan fingerprint density at radius 3 is 2.42 bits per heavy atom. The van der Waals surface area contributed by atoms with E-state index in [1.165, 1.54) is 32.6 Å². The first-order chi connectivity index (χ1) is 9.08. The zero-order chi connectivity index (χ0) is 13.8. The third-order valence-corrected chi connectivity index (χ3v) is 4.30. The zero-order valence-electron chi connectivity index (χ0n) is 12.8. The summed E-state index contributed by atoms with van der Waals surface area (Å²) in [6.45, 7) is 14.9. The number of aryl methyl sites for hydroxylation is 1. The fourth-order valence-electron chi connectivity index (χ4n) is 2.91. The van der Waals surface area contributed by atoms with Gasteiger partial charge in [0.1, 0.15) is 5.82 Å². The maximum atomic E-state index is 4.30. The van der Waals surface area contributed by atoms with Crippen LogP contribution < -0.4 is 0 Å². The molecule has 4 nitrogen and oxygen atoms in total. The Morgan fingerprint density at radius 2 is 1.79 bits per heavy atom. The molecule has 19 heavy (non-hydrogen) atoms. The van der Waals surface area contributed by atoms with Gasteiger partial charge in [-0.25, -0.2) is 4.98 Å². The van der Waals surface area contributed by atoms with Gasteiger partial charge in [-0.05, 0) is 47.2 Å². The summed E-state index contributed by atoms with van der Waals surface area (Å²) in [6, 6.07) is 1.26. The first-order valence-corrected chi connectivity index (χ1v) is 7.53. The van der Waals surface area contributed by atoms with E-state index in [-0.39, 0.29) is 0 Å². The van der Waals surface area contributed by atoms with Crippen molar-refractivity contribution in [1.29, 1.82) is 0 Å². The SMILES string of the molecule is Cc1nccn1CC(C)N1CCCN(C(C)C)CC1. The highest BCUT2D eigenvalue weighted by atomic mass is 15.3. The molecule has 0 aromatic carbocycles. The van der Waals surface area contributed by atoms with Crippen LogP contribution in [0.5, 0.6) is 0 Å². The minimum Gasteiger partial charge on any atom is -0.334 e. The van der Waals surface area contributed by atoms with Crippen molar-refractivity contribution in [2.75, 3.05) is 26.2 Å². The van der Waals surface area contributed by atoms with Crippen molar-refractivity contribution in [2.45, 2.75) is 52.7 Å². The van der Waals surface area contributed by atoms with E-state index >= 15 is 0 Å². The lowest BCUT2D eigenvalue weighted by Crippen LogP contribution is -2.40. The van der Waals surface area contributed by atoms with Crippen LogP contribution in [0, 0.1) is 6.92 Å². The predicted octanol–water partition coefficient (Wildman–Crippen LogP) is 2.00. The second kappa shape index (κ2) is 6.53. The van der Waals surface area contributed by atoms with Crippen LogP contribution in [0.15, 0.2) is 12.4 Å². The van der Waals surface area contributed by atoms with Crippen molar-refractivity contribution in [1.82, 2.24) is 19.4 Å². The fourth-order valence-corrected chi connectivity index (χ4v) is 2.91. The van der Waals surface area contributed by atoms with Crippen molar-refractivity contribution in [2.24, 2.45) is 0 Å². The van der Waals surface area contributed by atoms with Crippen molar-refractivity contribution in [3.05, 3.63) is 18.2 Å².